The lowest BCUT2D eigenvalue weighted by atomic mass is 10.0. The predicted octanol–water partition coefficient (Wildman–Crippen LogP) is 2.89. The average Bonchev–Trinajstić information content (AvgIpc) is 3.10. The molecule has 0 spiro atoms. The lowest BCUT2D eigenvalue weighted by Gasteiger charge is -2.12. The van der Waals surface area contributed by atoms with Crippen LogP contribution in [-0.2, 0) is 12.7 Å². The third-order valence-electron chi connectivity index (χ3n) is 3.47. The Kier molecular flexibility index (Phi) is 3.75. The first-order chi connectivity index (χ1) is 10.8. The number of alkyl halides is 3. The maximum atomic E-state index is 13.0. The third-order valence-corrected chi connectivity index (χ3v) is 4.40. The van der Waals surface area contributed by atoms with Crippen molar-refractivity contribution in [2.24, 2.45) is 0 Å². The van der Waals surface area contributed by atoms with Crippen LogP contribution in [0.2, 0.25) is 0 Å². The molecule has 0 saturated carbocycles. The Morgan fingerprint density at radius 1 is 1.39 bits per heavy atom. The van der Waals surface area contributed by atoms with Crippen molar-refractivity contribution >= 4 is 17.5 Å². The number of nitrogens with one attached hydrogen (secondary N) is 1. The molecule has 1 N–H and O–H groups in total. The molecule has 1 aromatic heterocycles. The number of carbonyl (C=O) groups excluding carboxylic acids is 1. The number of hydrogen-bond acceptors (Lipinski definition) is 4. The van der Waals surface area contributed by atoms with E-state index in [2.05, 4.69) is 5.10 Å². The molecule has 0 radical (unpaired) electrons. The van der Waals surface area contributed by atoms with Gasteiger partial charge in [0, 0.05) is 12.7 Å². The summed E-state index contributed by atoms with van der Waals surface area (Å²) in [5.74, 6) is -0.779. The Morgan fingerprint density at radius 3 is 2.74 bits per heavy atom. The van der Waals surface area contributed by atoms with Gasteiger partial charge in [-0.3, -0.25) is 14.3 Å². The first kappa shape index (κ1) is 15.7. The van der Waals surface area contributed by atoms with E-state index in [1.165, 1.54) is 10.9 Å². The number of thioether (sulfide) groups is 1. The fraction of sp³-hybridized carbons (Fsp3) is 0.286. The van der Waals surface area contributed by atoms with Crippen LogP contribution < -0.4 is 10.3 Å². The Labute approximate surface area is 132 Å². The van der Waals surface area contributed by atoms with Crippen LogP contribution in [0.15, 0.2) is 28.0 Å². The molecule has 0 unspecified atom stereocenters. The summed E-state index contributed by atoms with van der Waals surface area (Å²) in [5.41, 5.74) is -1.53. The first-order valence-electron chi connectivity index (χ1n) is 6.67. The molecule has 0 amide bonds. The lowest BCUT2D eigenvalue weighted by molar-refractivity contribution is -0.139. The van der Waals surface area contributed by atoms with E-state index in [-0.39, 0.29) is 27.7 Å². The van der Waals surface area contributed by atoms with Gasteiger partial charge in [-0.15, -0.1) is 0 Å². The minimum Gasteiger partial charge on any atom is -0.481 e. The number of ketones is 1. The molecular formula is C14H11F3N2O3S. The number of halogens is 3. The Balaban J connectivity index is 2.11. The number of hydrogen-bond donors (Lipinski definition) is 1. The molecule has 2 aromatic rings. The zero-order valence-corrected chi connectivity index (χ0v) is 12.7. The molecule has 0 aliphatic carbocycles. The van der Waals surface area contributed by atoms with Crippen molar-refractivity contribution < 1.29 is 22.7 Å². The van der Waals surface area contributed by atoms with Crippen LogP contribution in [0, 0.1) is 0 Å². The fourth-order valence-electron chi connectivity index (χ4n) is 2.35. The normalized spacial score (nSPS) is 13.7. The Hall–Kier alpha value is -2.16. The molecule has 3 rings (SSSR count). The van der Waals surface area contributed by atoms with Crippen LogP contribution in [0.5, 0.6) is 5.75 Å². The Morgan fingerprint density at radius 2 is 2.13 bits per heavy atom. The van der Waals surface area contributed by atoms with Crippen molar-refractivity contribution in [1.29, 1.82) is 0 Å². The molecule has 0 atom stereocenters. The van der Waals surface area contributed by atoms with Gasteiger partial charge in [-0.05, 0) is 19.1 Å². The van der Waals surface area contributed by atoms with Crippen LogP contribution in [0.3, 0.4) is 0 Å². The van der Waals surface area contributed by atoms with Crippen molar-refractivity contribution in [3.8, 4) is 5.75 Å². The second-order valence-corrected chi connectivity index (χ2v) is 5.72. The van der Waals surface area contributed by atoms with E-state index in [9.17, 15) is 22.8 Å². The molecule has 1 aromatic carbocycles. The van der Waals surface area contributed by atoms with Gasteiger partial charge in [0.2, 0.25) is 5.78 Å². The number of carbonyl (C=O) groups is 1. The minimum atomic E-state index is -4.53. The number of aryl methyl sites for hydroxylation is 1. The molecule has 0 saturated heterocycles. The summed E-state index contributed by atoms with van der Waals surface area (Å²) in [6, 6.07) is 1.90. The van der Waals surface area contributed by atoms with Gasteiger partial charge in [-0.25, -0.2) is 0 Å². The number of ether oxygens (including phenoxy) is 1. The summed E-state index contributed by atoms with van der Waals surface area (Å²) in [6.45, 7) is 2.07. The number of benzene rings is 1. The highest BCUT2D eigenvalue weighted by atomic mass is 32.2. The molecule has 0 bridgehead atoms. The zero-order chi connectivity index (χ0) is 16.8. The molecule has 0 fully saturated rings. The van der Waals surface area contributed by atoms with E-state index in [1.54, 1.807) is 6.92 Å². The van der Waals surface area contributed by atoms with Crippen LogP contribution in [0.4, 0.5) is 13.2 Å². The van der Waals surface area contributed by atoms with Crippen molar-refractivity contribution in [3.05, 3.63) is 45.4 Å². The smallest absolute Gasteiger partial charge is 0.417 e. The second-order valence-electron chi connectivity index (χ2n) is 4.79. The van der Waals surface area contributed by atoms with E-state index in [4.69, 9.17) is 4.74 Å². The number of aromatic amines is 1. The van der Waals surface area contributed by atoms with Crippen LogP contribution in [0.1, 0.15) is 28.4 Å². The molecule has 23 heavy (non-hydrogen) atoms. The van der Waals surface area contributed by atoms with Gasteiger partial charge in [0.05, 0.1) is 16.0 Å². The highest BCUT2D eigenvalue weighted by Crippen LogP contribution is 2.47. The fourth-order valence-corrected chi connectivity index (χ4v) is 3.28. The summed E-state index contributed by atoms with van der Waals surface area (Å²) in [6.07, 6.45) is -3.28. The topological polar surface area (TPSA) is 64.1 Å². The van der Waals surface area contributed by atoms with Gasteiger partial charge in [0.25, 0.3) is 5.56 Å². The largest absolute Gasteiger partial charge is 0.481 e. The monoisotopic (exact) mass is 344 g/mol. The predicted molar refractivity (Wildman–Crippen MR) is 77.0 cm³/mol. The van der Waals surface area contributed by atoms with Crippen molar-refractivity contribution in [1.82, 2.24) is 9.78 Å². The van der Waals surface area contributed by atoms with E-state index < -0.39 is 23.1 Å². The molecule has 122 valence electrons. The van der Waals surface area contributed by atoms with E-state index in [0.29, 0.717) is 6.54 Å². The molecule has 9 heteroatoms. The lowest BCUT2D eigenvalue weighted by Crippen LogP contribution is -2.21. The van der Waals surface area contributed by atoms with Crippen LogP contribution in [0.25, 0.3) is 0 Å². The summed E-state index contributed by atoms with van der Waals surface area (Å²) >= 11 is 0.876. The van der Waals surface area contributed by atoms with Gasteiger partial charge in [-0.2, -0.15) is 13.2 Å². The maximum Gasteiger partial charge on any atom is 0.417 e. The molecule has 2 heterocycles. The third kappa shape index (κ3) is 2.54. The molecule has 1 aliphatic rings. The molecule has 5 nitrogen and oxygen atoms in total. The molecule has 1 aliphatic heterocycles. The van der Waals surface area contributed by atoms with Crippen LogP contribution in [-0.4, -0.2) is 21.5 Å². The minimum absolute atomic E-state index is 0.00492. The standard InChI is InChI=1S/C14H11F3N2O3S/c1-2-19-13(21)8(5-18-19)10(20)7-3-4-9(14(15,16)17)12-11(7)22-6-23-12/h3-5,18H,2,6H2,1H3. The maximum absolute atomic E-state index is 13.0. The van der Waals surface area contributed by atoms with E-state index >= 15 is 0 Å². The molecular weight excluding hydrogens is 333 g/mol. The van der Waals surface area contributed by atoms with Gasteiger partial charge < -0.3 is 9.84 Å². The highest BCUT2D eigenvalue weighted by molar-refractivity contribution is 7.99. The van der Waals surface area contributed by atoms with Crippen LogP contribution >= 0.6 is 11.8 Å². The number of fused-ring (bicyclic) bond motifs is 1. The van der Waals surface area contributed by atoms with Crippen molar-refractivity contribution in [2.75, 3.05) is 5.94 Å². The first-order valence-corrected chi connectivity index (χ1v) is 7.65. The second kappa shape index (κ2) is 5.48. The number of aromatic nitrogens is 2. The average molecular weight is 344 g/mol. The van der Waals surface area contributed by atoms with Gasteiger partial charge in [-0.1, -0.05) is 11.8 Å². The van der Waals surface area contributed by atoms with Crippen molar-refractivity contribution in [2.45, 2.75) is 24.5 Å². The number of rotatable bonds is 3. The van der Waals surface area contributed by atoms with Crippen molar-refractivity contribution in [3.63, 3.8) is 0 Å². The summed E-state index contributed by atoms with van der Waals surface area (Å²) in [4.78, 5) is 24.4. The summed E-state index contributed by atoms with van der Waals surface area (Å²) in [7, 11) is 0. The zero-order valence-electron chi connectivity index (χ0n) is 11.9. The van der Waals surface area contributed by atoms with Gasteiger partial charge in [0.1, 0.15) is 17.3 Å². The van der Waals surface area contributed by atoms with Gasteiger partial charge >= 0.3 is 6.18 Å². The SMILES string of the molecule is CCn1[nH]cc(C(=O)c2ccc(C(F)(F)F)c3c2OCS3)c1=O. The van der Waals surface area contributed by atoms with E-state index in [1.807, 2.05) is 0 Å². The quantitative estimate of drug-likeness (QED) is 0.870. The number of nitrogens with zero attached hydrogens (tertiary/aromatic N) is 1. The number of H-pyrrole nitrogens is 1. The highest BCUT2D eigenvalue weighted by Gasteiger charge is 2.38. The summed E-state index contributed by atoms with van der Waals surface area (Å²) in [5, 5.41) is 2.64. The summed E-state index contributed by atoms with van der Waals surface area (Å²) < 4.78 is 45.4. The Bertz CT molecular complexity index is 839. The van der Waals surface area contributed by atoms with Gasteiger partial charge in [0.15, 0.2) is 0 Å². The van der Waals surface area contributed by atoms with E-state index in [0.717, 1.165) is 23.9 Å².